The van der Waals surface area contributed by atoms with Gasteiger partial charge in [0.2, 0.25) is 0 Å². The molecule has 1 aromatic carbocycles. The molecule has 0 saturated carbocycles. The van der Waals surface area contributed by atoms with E-state index in [1.54, 1.807) is 29.9 Å². The van der Waals surface area contributed by atoms with Crippen LogP contribution in [0.1, 0.15) is 17.3 Å². The molecule has 2 aromatic rings. The van der Waals surface area contributed by atoms with Crippen molar-refractivity contribution >= 4 is 5.97 Å². The Morgan fingerprint density at radius 3 is 2.63 bits per heavy atom. The number of hydrogen-bond acceptors (Lipinski definition) is 4. The summed E-state index contributed by atoms with van der Waals surface area (Å²) < 4.78 is 1.60. The van der Waals surface area contributed by atoms with Gasteiger partial charge in [-0.15, -0.1) is 5.10 Å². The van der Waals surface area contributed by atoms with Crippen molar-refractivity contribution in [3.63, 3.8) is 0 Å². The van der Waals surface area contributed by atoms with E-state index in [1.165, 1.54) is 0 Å². The lowest BCUT2D eigenvalue weighted by Gasteiger charge is -2.23. The maximum atomic E-state index is 11.5. The third-order valence-corrected chi connectivity index (χ3v) is 2.85. The molecule has 1 unspecified atom stereocenters. The van der Waals surface area contributed by atoms with Crippen LogP contribution >= 0.6 is 0 Å². The van der Waals surface area contributed by atoms with E-state index in [9.17, 15) is 9.90 Å². The van der Waals surface area contributed by atoms with Crippen LogP contribution in [-0.2, 0) is 18.4 Å². The fourth-order valence-corrected chi connectivity index (χ4v) is 2.04. The van der Waals surface area contributed by atoms with Gasteiger partial charge in [-0.3, -0.25) is 14.4 Å². The molecule has 1 atom stereocenters. The van der Waals surface area contributed by atoms with E-state index in [1.807, 2.05) is 30.3 Å². The highest BCUT2D eigenvalue weighted by Gasteiger charge is 2.25. The first-order chi connectivity index (χ1) is 9.08. The Morgan fingerprint density at radius 2 is 2.11 bits per heavy atom. The average molecular weight is 260 g/mol. The molecule has 1 N–H and O–H groups in total. The van der Waals surface area contributed by atoms with Gasteiger partial charge in [-0.25, -0.2) is 0 Å². The van der Waals surface area contributed by atoms with E-state index in [0.29, 0.717) is 6.54 Å². The highest BCUT2D eigenvalue weighted by molar-refractivity contribution is 5.75. The second-order valence-electron chi connectivity index (χ2n) is 4.45. The summed E-state index contributed by atoms with van der Waals surface area (Å²) in [5, 5.41) is 17.2. The van der Waals surface area contributed by atoms with Gasteiger partial charge in [-0.1, -0.05) is 35.5 Å². The van der Waals surface area contributed by atoms with Gasteiger partial charge in [-0.05, 0) is 12.6 Å². The van der Waals surface area contributed by atoms with Crippen LogP contribution in [0.3, 0.4) is 0 Å². The first-order valence-corrected chi connectivity index (χ1v) is 5.91. The van der Waals surface area contributed by atoms with Crippen LogP contribution in [0.15, 0.2) is 36.5 Å². The largest absolute Gasteiger partial charge is 0.480 e. The van der Waals surface area contributed by atoms with E-state index < -0.39 is 12.0 Å². The van der Waals surface area contributed by atoms with Gasteiger partial charge in [0.15, 0.2) is 0 Å². The molecule has 0 amide bonds. The molecular weight excluding hydrogens is 244 g/mol. The number of carbonyl (C=O) groups is 1. The first kappa shape index (κ1) is 13.2. The van der Waals surface area contributed by atoms with Crippen LogP contribution in [-0.4, -0.2) is 38.0 Å². The Labute approximate surface area is 111 Å². The number of nitrogens with zero attached hydrogens (tertiary/aromatic N) is 4. The van der Waals surface area contributed by atoms with Gasteiger partial charge < -0.3 is 5.11 Å². The van der Waals surface area contributed by atoms with Crippen molar-refractivity contribution in [2.24, 2.45) is 7.05 Å². The van der Waals surface area contributed by atoms with Crippen molar-refractivity contribution in [1.82, 2.24) is 19.9 Å². The summed E-state index contributed by atoms with van der Waals surface area (Å²) in [5.74, 6) is -0.877. The first-order valence-electron chi connectivity index (χ1n) is 5.91. The normalized spacial score (nSPS) is 12.6. The quantitative estimate of drug-likeness (QED) is 0.870. The third-order valence-electron chi connectivity index (χ3n) is 2.85. The molecule has 0 aliphatic heterocycles. The molecule has 1 heterocycles. The molecule has 2 rings (SSSR count). The van der Waals surface area contributed by atoms with Crippen molar-refractivity contribution in [2.75, 3.05) is 7.05 Å². The summed E-state index contributed by atoms with van der Waals surface area (Å²) in [7, 11) is 3.54. The molecular formula is C13H16N4O2. The maximum absolute atomic E-state index is 11.5. The second kappa shape index (κ2) is 5.62. The van der Waals surface area contributed by atoms with Gasteiger partial charge in [-0.2, -0.15) is 0 Å². The Kier molecular flexibility index (Phi) is 3.91. The number of benzene rings is 1. The zero-order valence-corrected chi connectivity index (χ0v) is 10.9. The predicted octanol–water partition coefficient (Wildman–Crippen LogP) is 1.07. The van der Waals surface area contributed by atoms with Crippen molar-refractivity contribution in [1.29, 1.82) is 0 Å². The number of rotatable bonds is 5. The monoisotopic (exact) mass is 260 g/mol. The molecule has 6 heteroatoms. The summed E-state index contributed by atoms with van der Waals surface area (Å²) in [5.41, 5.74) is 1.49. The summed E-state index contributed by atoms with van der Waals surface area (Å²) in [6, 6.07) is 8.47. The second-order valence-corrected chi connectivity index (χ2v) is 4.45. The van der Waals surface area contributed by atoms with Crippen LogP contribution in [0.5, 0.6) is 0 Å². The fourth-order valence-electron chi connectivity index (χ4n) is 2.04. The minimum absolute atomic E-state index is 0.430. The lowest BCUT2D eigenvalue weighted by molar-refractivity contribution is -0.143. The highest BCUT2D eigenvalue weighted by Crippen LogP contribution is 2.20. The topological polar surface area (TPSA) is 71.2 Å². The number of aryl methyl sites for hydroxylation is 1. The zero-order valence-electron chi connectivity index (χ0n) is 10.9. The van der Waals surface area contributed by atoms with Crippen LogP contribution in [0.4, 0.5) is 0 Å². The summed E-state index contributed by atoms with van der Waals surface area (Å²) >= 11 is 0. The Bertz CT molecular complexity index is 553. The maximum Gasteiger partial charge on any atom is 0.325 e. The molecule has 6 nitrogen and oxygen atoms in total. The Morgan fingerprint density at radius 1 is 1.42 bits per heavy atom. The van der Waals surface area contributed by atoms with Crippen molar-refractivity contribution in [2.45, 2.75) is 12.6 Å². The number of aromatic nitrogens is 3. The standard InChI is InChI=1S/C13H16N4O2/c1-16(8-11-9-17(2)15-14-11)12(13(18)19)10-6-4-3-5-7-10/h3-7,9,12H,8H2,1-2H3,(H,18,19). The molecule has 0 fully saturated rings. The van der Waals surface area contributed by atoms with Crippen molar-refractivity contribution < 1.29 is 9.90 Å². The molecule has 19 heavy (non-hydrogen) atoms. The summed E-state index contributed by atoms with van der Waals surface area (Å²) in [6.45, 7) is 0.430. The molecule has 100 valence electrons. The van der Waals surface area contributed by atoms with E-state index in [-0.39, 0.29) is 0 Å². The molecule has 0 aliphatic rings. The molecule has 0 radical (unpaired) electrons. The number of aliphatic carboxylic acids is 1. The minimum Gasteiger partial charge on any atom is -0.480 e. The van der Waals surface area contributed by atoms with Crippen LogP contribution in [0, 0.1) is 0 Å². The van der Waals surface area contributed by atoms with E-state index in [0.717, 1.165) is 11.3 Å². The third kappa shape index (κ3) is 3.17. The Hall–Kier alpha value is -2.21. The lowest BCUT2D eigenvalue weighted by Crippen LogP contribution is -2.30. The van der Waals surface area contributed by atoms with Gasteiger partial charge in [0, 0.05) is 19.8 Å². The smallest absolute Gasteiger partial charge is 0.325 e. The summed E-state index contributed by atoms with van der Waals surface area (Å²) in [6.07, 6.45) is 1.78. The number of hydrogen-bond donors (Lipinski definition) is 1. The van der Waals surface area contributed by atoms with Gasteiger partial charge in [0.05, 0.1) is 5.69 Å². The number of likely N-dealkylation sites (N-methyl/N-ethyl adjacent to an activating group) is 1. The Balaban J connectivity index is 2.18. The van der Waals surface area contributed by atoms with Crippen LogP contribution < -0.4 is 0 Å². The van der Waals surface area contributed by atoms with Crippen LogP contribution in [0.25, 0.3) is 0 Å². The van der Waals surface area contributed by atoms with Gasteiger partial charge in [0.1, 0.15) is 6.04 Å². The van der Waals surface area contributed by atoms with E-state index in [2.05, 4.69) is 10.3 Å². The van der Waals surface area contributed by atoms with Crippen LogP contribution in [0.2, 0.25) is 0 Å². The highest BCUT2D eigenvalue weighted by atomic mass is 16.4. The molecule has 0 aliphatic carbocycles. The zero-order chi connectivity index (χ0) is 13.8. The van der Waals surface area contributed by atoms with Crippen molar-refractivity contribution in [3.05, 3.63) is 47.8 Å². The van der Waals surface area contributed by atoms with Gasteiger partial charge in [0.25, 0.3) is 0 Å². The van der Waals surface area contributed by atoms with Gasteiger partial charge >= 0.3 is 5.97 Å². The number of carboxylic acids is 1. The lowest BCUT2D eigenvalue weighted by atomic mass is 10.1. The van der Waals surface area contributed by atoms with E-state index >= 15 is 0 Å². The molecule has 0 spiro atoms. The molecule has 1 aromatic heterocycles. The minimum atomic E-state index is -0.877. The SMILES string of the molecule is CN(Cc1cn(C)nn1)C(C(=O)O)c1ccccc1. The predicted molar refractivity (Wildman–Crippen MR) is 69.3 cm³/mol. The van der Waals surface area contributed by atoms with Crippen molar-refractivity contribution in [3.8, 4) is 0 Å². The number of carboxylic acid groups (broad SMARTS) is 1. The summed E-state index contributed by atoms with van der Waals surface area (Å²) in [4.78, 5) is 13.2. The molecule has 0 saturated heterocycles. The molecule has 0 bridgehead atoms. The average Bonchev–Trinajstić information content (AvgIpc) is 2.75. The fraction of sp³-hybridized carbons (Fsp3) is 0.308. The van der Waals surface area contributed by atoms with E-state index in [4.69, 9.17) is 0 Å².